The number of fused-ring (bicyclic) bond motifs is 2. The molecule has 1 aliphatic rings. The smallest absolute Gasteiger partial charge is 0.268 e. The summed E-state index contributed by atoms with van der Waals surface area (Å²) in [6, 6.07) is 9.07. The van der Waals surface area contributed by atoms with Crippen molar-refractivity contribution in [2.45, 2.75) is 24.9 Å². The molecule has 152 valence electrons. The maximum Gasteiger partial charge on any atom is 0.268 e. The number of hydrogen-bond acceptors (Lipinski definition) is 4. The van der Waals surface area contributed by atoms with E-state index in [1.165, 1.54) is 11.3 Å². The number of aromatic amines is 1. The Morgan fingerprint density at radius 3 is 2.83 bits per heavy atom. The number of hydrogen-bond donors (Lipinski definition) is 3. The van der Waals surface area contributed by atoms with Gasteiger partial charge in [-0.25, -0.2) is 0 Å². The number of amides is 2. The number of benzene rings is 1. The van der Waals surface area contributed by atoms with E-state index in [2.05, 4.69) is 15.6 Å². The van der Waals surface area contributed by atoms with Crippen molar-refractivity contribution in [2.24, 2.45) is 0 Å². The number of methoxy groups -OCH3 is 1. The van der Waals surface area contributed by atoms with Gasteiger partial charge in [-0.05, 0) is 23.6 Å². The lowest BCUT2D eigenvalue weighted by Crippen LogP contribution is -2.44. The molecule has 3 aromatic rings. The fourth-order valence-electron chi connectivity index (χ4n) is 3.64. The molecule has 0 saturated carbocycles. The number of carbonyl (C=O) groups excluding carboxylic acids is 2. The molecule has 0 radical (unpaired) electrons. The topological polar surface area (TPSA) is 83.2 Å². The molecule has 0 aliphatic heterocycles. The average Bonchev–Trinajstić information content (AvgIpc) is 3.34. The highest BCUT2D eigenvalue weighted by molar-refractivity contribution is 7.23. The molecule has 2 amide bonds. The molecule has 0 unspecified atom stereocenters. The van der Waals surface area contributed by atoms with Gasteiger partial charge < -0.3 is 20.4 Å². The van der Waals surface area contributed by atoms with Crippen molar-refractivity contribution >= 4 is 56.6 Å². The molecule has 1 aromatic carbocycles. The van der Waals surface area contributed by atoms with Crippen molar-refractivity contribution in [3.05, 3.63) is 56.5 Å². The predicted molar refractivity (Wildman–Crippen MR) is 115 cm³/mol. The number of rotatable bonds is 6. The zero-order chi connectivity index (χ0) is 20.5. The number of thiophene rings is 1. The first-order valence-electron chi connectivity index (χ1n) is 9.11. The summed E-state index contributed by atoms with van der Waals surface area (Å²) in [6.07, 6.45) is 0.904. The lowest BCUT2D eigenvalue weighted by atomic mass is 10.1. The molecule has 29 heavy (non-hydrogen) atoms. The van der Waals surface area contributed by atoms with Crippen LogP contribution in [0.3, 0.4) is 0 Å². The molecule has 6 nitrogen and oxygen atoms in total. The Kier molecular flexibility index (Phi) is 5.83. The Balaban J connectivity index is 1.53. The Hall–Kier alpha value is -2.06. The van der Waals surface area contributed by atoms with Gasteiger partial charge in [0.15, 0.2) is 0 Å². The Morgan fingerprint density at radius 2 is 2.07 bits per heavy atom. The van der Waals surface area contributed by atoms with Crippen molar-refractivity contribution in [2.75, 3.05) is 13.7 Å². The van der Waals surface area contributed by atoms with E-state index in [1.807, 2.05) is 24.3 Å². The number of ether oxygens (including phenoxy) is 1. The third kappa shape index (κ3) is 4.00. The van der Waals surface area contributed by atoms with Crippen LogP contribution >= 0.6 is 34.5 Å². The summed E-state index contributed by atoms with van der Waals surface area (Å²) in [4.78, 5) is 28.2. The molecule has 9 heteroatoms. The standard InChI is InChI=1S/C20H19Cl2N3O3S/c1-28-7-6-15(26)25-17-11-5-3-2-4-10(11)8-12(17)24-20(27)13-9-14-18(23-13)16(21)19(22)29-14/h2-5,9,12,17,23H,6-8H2,1H3,(H,24,27)(H,25,26)/t12-,17-/m1/s1. The minimum absolute atomic E-state index is 0.116. The molecule has 0 spiro atoms. The van der Waals surface area contributed by atoms with Gasteiger partial charge in [0.05, 0.1) is 33.9 Å². The van der Waals surface area contributed by atoms with Gasteiger partial charge in [-0.2, -0.15) is 0 Å². The summed E-state index contributed by atoms with van der Waals surface area (Å²) in [7, 11) is 1.56. The Labute approximate surface area is 181 Å². The molecule has 1 aliphatic carbocycles. The number of aromatic nitrogens is 1. The molecule has 2 atom stereocenters. The second-order valence-electron chi connectivity index (χ2n) is 6.88. The quantitative estimate of drug-likeness (QED) is 0.527. The van der Waals surface area contributed by atoms with Crippen LogP contribution in [0.2, 0.25) is 9.36 Å². The van der Waals surface area contributed by atoms with Crippen molar-refractivity contribution < 1.29 is 14.3 Å². The first-order chi connectivity index (χ1) is 14.0. The maximum atomic E-state index is 12.9. The van der Waals surface area contributed by atoms with E-state index >= 15 is 0 Å². The second kappa shape index (κ2) is 8.36. The fourth-order valence-corrected chi connectivity index (χ4v) is 5.12. The average molecular weight is 452 g/mol. The van der Waals surface area contributed by atoms with Gasteiger partial charge in [-0.1, -0.05) is 47.5 Å². The molecule has 3 N–H and O–H groups in total. The fraction of sp³-hybridized carbons (Fsp3) is 0.300. The summed E-state index contributed by atoms with van der Waals surface area (Å²) in [6.45, 7) is 0.347. The molecule has 0 fully saturated rings. The third-order valence-electron chi connectivity index (χ3n) is 5.02. The van der Waals surface area contributed by atoms with E-state index < -0.39 is 0 Å². The number of H-pyrrole nitrogens is 1. The molecular formula is C20H19Cl2N3O3S. The van der Waals surface area contributed by atoms with E-state index in [4.69, 9.17) is 27.9 Å². The Bertz CT molecular complexity index is 1080. The first kappa shape index (κ1) is 20.2. The molecule has 2 heterocycles. The van der Waals surface area contributed by atoms with Crippen LogP contribution in [0.4, 0.5) is 0 Å². The minimum Gasteiger partial charge on any atom is -0.384 e. The van der Waals surface area contributed by atoms with Crippen LogP contribution in [0.15, 0.2) is 30.3 Å². The third-order valence-corrected chi connectivity index (χ3v) is 6.95. The Morgan fingerprint density at radius 1 is 1.28 bits per heavy atom. The van der Waals surface area contributed by atoms with Crippen molar-refractivity contribution in [3.63, 3.8) is 0 Å². The van der Waals surface area contributed by atoms with Gasteiger partial charge >= 0.3 is 0 Å². The predicted octanol–water partition coefficient (Wildman–Crippen LogP) is 4.08. The summed E-state index contributed by atoms with van der Waals surface area (Å²) in [5, 5.41) is 6.50. The lowest BCUT2D eigenvalue weighted by molar-refractivity contribution is -0.122. The van der Waals surface area contributed by atoms with Crippen LogP contribution in [-0.4, -0.2) is 36.6 Å². The number of carbonyl (C=O) groups is 2. The highest BCUT2D eigenvalue weighted by atomic mass is 35.5. The van der Waals surface area contributed by atoms with Crippen molar-refractivity contribution in [3.8, 4) is 0 Å². The molecule has 0 saturated heterocycles. The van der Waals surface area contributed by atoms with E-state index in [0.717, 1.165) is 15.8 Å². The monoisotopic (exact) mass is 451 g/mol. The summed E-state index contributed by atoms with van der Waals surface area (Å²) < 4.78 is 6.30. The van der Waals surface area contributed by atoms with Gasteiger partial charge in [-0.3, -0.25) is 9.59 Å². The molecular weight excluding hydrogens is 433 g/mol. The van der Waals surface area contributed by atoms with Crippen molar-refractivity contribution in [1.82, 2.24) is 15.6 Å². The van der Waals surface area contributed by atoms with Gasteiger partial charge in [0, 0.05) is 13.5 Å². The van der Waals surface area contributed by atoms with E-state index in [1.54, 1.807) is 13.2 Å². The van der Waals surface area contributed by atoms with Crippen LogP contribution < -0.4 is 10.6 Å². The van der Waals surface area contributed by atoms with Gasteiger partial charge in [0.25, 0.3) is 5.91 Å². The molecule has 2 aromatic heterocycles. The summed E-state index contributed by atoms with van der Waals surface area (Å²) in [5.41, 5.74) is 3.19. The highest BCUT2D eigenvalue weighted by Crippen LogP contribution is 2.39. The zero-order valence-electron chi connectivity index (χ0n) is 15.6. The van der Waals surface area contributed by atoms with Crippen LogP contribution in [-0.2, 0) is 16.0 Å². The summed E-state index contributed by atoms with van der Waals surface area (Å²) >= 11 is 13.5. The van der Waals surface area contributed by atoms with Crippen molar-refractivity contribution in [1.29, 1.82) is 0 Å². The SMILES string of the molecule is COCCC(=O)N[C@@H]1c2ccccc2C[C@H]1NC(=O)c1cc2sc(Cl)c(Cl)c2[nH]1. The van der Waals surface area contributed by atoms with Crippen LogP contribution in [0.1, 0.15) is 34.1 Å². The van der Waals surface area contributed by atoms with Gasteiger partial charge in [0.2, 0.25) is 5.91 Å². The normalized spacial score (nSPS) is 18.0. The van der Waals surface area contributed by atoms with Gasteiger partial charge in [0.1, 0.15) is 10.0 Å². The first-order valence-corrected chi connectivity index (χ1v) is 10.7. The van der Waals surface area contributed by atoms with Gasteiger partial charge in [-0.15, -0.1) is 11.3 Å². The van der Waals surface area contributed by atoms with E-state index in [0.29, 0.717) is 33.6 Å². The molecule has 0 bridgehead atoms. The van der Waals surface area contributed by atoms with E-state index in [-0.39, 0.29) is 30.3 Å². The van der Waals surface area contributed by atoms with E-state index in [9.17, 15) is 9.59 Å². The number of nitrogens with one attached hydrogen (secondary N) is 3. The number of halogens is 2. The highest BCUT2D eigenvalue weighted by Gasteiger charge is 2.34. The van der Waals surface area contributed by atoms with Crippen LogP contribution in [0.25, 0.3) is 10.2 Å². The largest absolute Gasteiger partial charge is 0.384 e. The minimum atomic E-state index is -0.298. The zero-order valence-corrected chi connectivity index (χ0v) is 17.9. The molecule has 4 rings (SSSR count). The van der Waals surface area contributed by atoms with Crippen LogP contribution in [0.5, 0.6) is 0 Å². The summed E-state index contributed by atoms with van der Waals surface area (Å²) in [5.74, 6) is -0.371. The lowest BCUT2D eigenvalue weighted by Gasteiger charge is -2.23. The second-order valence-corrected chi connectivity index (χ2v) is 8.92. The maximum absolute atomic E-state index is 12.9. The van der Waals surface area contributed by atoms with Crippen LogP contribution in [0, 0.1) is 0 Å².